The molecule has 1 atom stereocenters. The predicted octanol–water partition coefficient (Wildman–Crippen LogP) is 5.15. The van der Waals surface area contributed by atoms with E-state index >= 15 is 0 Å². The van der Waals surface area contributed by atoms with Gasteiger partial charge in [-0.15, -0.1) is 0 Å². The zero-order chi connectivity index (χ0) is 28.8. The second kappa shape index (κ2) is 10.4. The number of nitrogens with zero attached hydrogens (tertiary/aromatic N) is 7. The number of carbonyl (C=O) groups is 1. The van der Waals surface area contributed by atoms with Gasteiger partial charge in [-0.25, -0.2) is 19.0 Å². The average Bonchev–Trinajstić information content (AvgIpc) is 3.60. The molecule has 5 rings (SSSR count). The van der Waals surface area contributed by atoms with Crippen LogP contribution in [-0.4, -0.2) is 59.6 Å². The zero-order valence-corrected chi connectivity index (χ0v) is 22.4. The van der Waals surface area contributed by atoms with Crippen LogP contribution in [0.15, 0.2) is 36.7 Å². The molecule has 1 saturated heterocycles. The van der Waals surface area contributed by atoms with Crippen LogP contribution >= 0.6 is 0 Å². The summed E-state index contributed by atoms with van der Waals surface area (Å²) in [6.07, 6.45) is -2.45. The Kier molecular flexibility index (Phi) is 7.06. The molecule has 1 fully saturated rings. The number of hydrogen-bond donors (Lipinski definition) is 1. The first-order valence-electron chi connectivity index (χ1n) is 12.8. The smallest absolute Gasteiger partial charge is 0.338 e. The van der Waals surface area contributed by atoms with Crippen molar-refractivity contribution in [3.8, 4) is 17.1 Å². The lowest BCUT2D eigenvalue weighted by Crippen LogP contribution is -2.32. The topological polar surface area (TPSA) is 93.8 Å². The van der Waals surface area contributed by atoms with Crippen molar-refractivity contribution < 1.29 is 22.4 Å². The summed E-state index contributed by atoms with van der Waals surface area (Å²) in [4.78, 5) is 23.0. The van der Waals surface area contributed by atoms with E-state index in [9.17, 15) is 22.4 Å². The molecule has 0 aliphatic carbocycles. The maximum Gasteiger partial charge on any atom is 0.393 e. The van der Waals surface area contributed by atoms with E-state index in [1.54, 1.807) is 43.8 Å². The van der Waals surface area contributed by atoms with Crippen LogP contribution in [0.1, 0.15) is 40.7 Å². The fraction of sp³-hybridized carbons (Fsp3) is 0.370. The molecule has 1 amide bonds. The standard InChI is InChI=1S/C27H28F4N8O/c1-5-20-24(17-6-8-19(28)9-7-17)37(4)36-25(20)34-21-12-22(33-14-32-21)39-16(3)23(15(2)35-39)26(40)38-11-10-18(13-38)27(29,30)31/h6-9,12,14,18H,5,10-11,13H2,1-4H3,(H,32,33,34,36). The molecule has 4 aromatic rings. The summed E-state index contributed by atoms with van der Waals surface area (Å²) in [7, 11) is 1.81. The highest BCUT2D eigenvalue weighted by molar-refractivity contribution is 5.96. The molecule has 40 heavy (non-hydrogen) atoms. The third-order valence-corrected chi connectivity index (χ3v) is 7.18. The molecular weight excluding hydrogens is 528 g/mol. The Labute approximate surface area is 227 Å². The number of hydrogen-bond acceptors (Lipinski definition) is 6. The predicted molar refractivity (Wildman–Crippen MR) is 140 cm³/mol. The van der Waals surface area contributed by atoms with Gasteiger partial charge < -0.3 is 10.2 Å². The van der Waals surface area contributed by atoms with Gasteiger partial charge in [-0.1, -0.05) is 6.92 Å². The molecule has 0 bridgehead atoms. The van der Waals surface area contributed by atoms with Gasteiger partial charge in [-0.2, -0.15) is 23.4 Å². The number of rotatable bonds is 6. The first-order valence-corrected chi connectivity index (χ1v) is 12.8. The van der Waals surface area contributed by atoms with Gasteiger partial charge in [-0.05, 0) is 51.0 Å². The lowest BCUT2D eigenvalue weighted by Gasteiger charge is -2.18. The van der Waals surface area contributed by atoms with Crippen LogP contribution in [0.25, 0.3) is 17.1 Å². The molecular formula is C27H28F4N8O. The van der Waals surface area contributed by atoms with Crippen molar-refractivity contribution in [3.63, 3.8) is 0 Å². The number of nitrogens with one attached hydrogen (secondary N) is 1. The lowest BCUT2D eigenvalue weighted by atomic mass is 10.1. The Bertz CT molecular complexity index is 1560. The summed E-state index contributed by atoms with van der Waals surface area (Å²) in [5.41, 5.74) is 3.70. The van der Waals surface area contributed by atoms with Gasteiger partial charge in [-0.3, -0.25) is 9.48 Å². The van der Waals surface area contributed by atoms with Gasteiger partial charge in [0.05, 0.1) is 28.6 Å². The molecule has 1 aromatic carbocycles. The van der Waals surface area contributed by atoms with Gasteiger partial charge in [0.15, 0.2) is 11.6 Å². The Balaban J connectivity index is 1.42. The first-order chi connectivity index (χ1) is 19.0. The number of carbonyl (C=O) groups excluding carboxylic acids is 1. The van der Waals surface area contributed by atoms with Crippen LogP contribution in [0.5, 0.6) is 0 Å². The number of benzene rings is 1. The molecule has 1 unspecified atom stereocenters. The fourth-order valence-electron chi connectivity index (χ4n) is 5.17. The van der Waals surface area contributed by atoms with Crippen molar-refractivity contribution in [2.24, 2.45) is 13.0 Å². The number of aryl methyl sites for hydroxylation is 2. The highest BCUT2D eigenvalue weighted by atomic mass is 19.4. The van der Waals surface area contributed by atoms with E-state index in [0.29, 0.717) is 35.3 Å². The van der Waals surface area contributed by atoms with E-state index in [1.165, 1.54) is 28.0 Å². The van der Waals surface area contributed by atoms with Crippen molar-refractivity contribution in [1.29, 1.82) is 0 Å². The third kappa shape index (κ3) is 5.03. The molecule has 13 heteroatoms. The SMILES string of the molecule is CCc1c(Nc2cc(-n3nc(C)c(C(=O)N4CCC(C(F)(F)F)C4)c3C)ncn2)nn(C)c1-c1ccc(F)cc1. The van der Waals surface area contributed by atoms with E-state index in [4.69, 9.17) is 0 Å². The van der Waals surface area contributed by atoms with Crippen LogP contribution < -0.4 is 5.32 Å². The average molecular weight is 557 g/mol. The Morgan fingerprint density at radius 1 is 1.12 bits per heavy atom. The van der Waals surface area contributed by atoms with Gasteiger partial charge in [0.2, 0.25) is 0 Å². The summed E-state index contributed by atoms with van der Waals surface area (Å²) < 4.78 is 56.1. The van der Waals surface area contributed by atoms with Crippen molar-refractivity contribution in [3.05, 3.63) is 65.0 Å². The van der Waals surface area contributed by atoms with Gasteiger partial charge >= 0.3 is 6.18 Å². The van der Waals surface area contributed by atoms with Crippen LogP contribution in [-0.2, 0) is 13.5 Å². The minimum Gasteiger partial charge on any atom is -0.338 e. The van der Waals surface area contributed by atoms with E-state index in [2.05, 4.69) is 25.5 Å². The van der Waals surface area contributed by atoms with Crippen LogP contribution in [0, 0.1) is 25.6 Å². The second-order valence-corrected chi connectivity index (χ2v) is 9.78. The van der Waals surface area contributed by atoms with Crippen molar-refractivity contribution in [2.45, 2.75) is 39.8 Å². The van der Waals surface area contributed by atoms with Crippen molar-refractivity contribution in [2.75, 3.05) is 18.4 Å². The fourth-order valence-corrected chi connectivity index (χ4v) is 5.17. The van der Waals surface area contributed by atoms with E-state index < -0.39 is 18.0 Å². The van der Waals surface area contributed by atoms with Crippen LogP contribution in [0.3, 0.4) is 0 Å². The number of likely N-dealkylation sites (tertiary alicyclic amines) is 1. The minimum atomic E-state index is -4.33. The molecule has 1 aliphatic heterocycles. The van der Waals surface area contributed by atoms with Crippen molar-refractivity contribution in [1.82, 2.24) is 34.4 Å². The number of alkyl halides is 3. The minimum absolute atomic E-state index is 0.0401. The summed E-state index contributed by atoms with van der Waals surface area (Å²) >= 11 is 0. The Morgan fingerprint density at radius 3 is 2.50 bits per heavy atom. The molecule has 210 valence electrons. The summed E-state index contributed by atoms with van der Waals surface area (Å²) in [5, 5.41) is 12.3. The number of anilines is 2. The molecule has 9 nitrogen and oxygen atoms in total. The maximum atomic E-state index is 13.5. The quantitative estimate of drug-likeness (QED) is 0.330. The molecule has 3 aromatic heterocycles. The summed E-state index contributed by atoms with van der Waals surface area (Å²) in [5.74, 6) is -0.946. The van der Waals surface area contributed by atoms with Crippen molar-refractivity contribution >= 4 is 17.5 Å². The van der Waals surface area contributed by atoms with Crippen LogP contribution in [0.2, 0.25) is 0 Å². The molecule has 1 aliphatic rings. The molecule has 0 saturated carbocycles. The number of aromatic nitrogens is 6. The molecule has 1 N–H and O–H groups in total. The lowest BCUT2D eigenvalue weighted by molar-refractivity contribution is -0.169. The Hall–Kier alpha value is -4.29. The largest absolute Gasteiger partial charge is 0.393 e. The van der Waals surface area contributed by atoms with Gasteiger partial charge in [0.1, 0.15) is 18.0 Å². The monoisotopic (exact) mass is 556 g/mol. The van der Waals surface area contributed by atoms with E-state index in [0.717, 1.165) is 16.8 Å². The van der Waals surface area contributed by atoms with Gasteiger partial charge in [0.25, 0.3) is 5.91 Å². The number of amides is 1. The van der Waals surface area contributed by atoms with Gasteiger partial charge in [0, 0.05) is 37.3 Å². The normalized spacial score (nSPS) is 15.6. The zero-order valence-electron chi connectivity index (χ0n) is 22.4. The summed E-state index contributed by atoms with van der Waals surface area (Å²) in [6.45, 7) is 5.00. The van der Waals surface area contributed by atoms with E-state index in [1.807, 2.05) is 6.92 Å². The molecule has 0 radical (unpaired) electrons. The third-order valence-electron chi connectivity index (χ3n) is 7.18. The highest BCUT2D eigenvalue weighted by Crippen LogP contribution is 2.35. The first kappa shape index (κ1) is 27.3. The molecule has 0 spiro atoms. The van der Waals surface area contributed by atoms with E-state index in [-0.39, 0.29) is 30.9 Å². The second-order valence-electron chi connectivity index (χ2n) is 9.78. The maximum absolute atomic E-state index is 13.5. The molecule has 4 heterocycles. The van der Waals surface area contributed by atoms with Crippen LogP contribution in [0.4, 0.5) is 29.2 Å². The number of halogens is 4. The highest BCUT2D eigenvalue weighted by Gasteiger charge is 2.45. The Morgan fingerprint density at radius 2 is 1.85 bits per heavy atom. The summed E-state index contributed by atoms with van der Waals surface area (Å²) in [6, 6.07) is 7.85.